The van der Waals surface area contributed by atoms with Gasteiger partial charge >= 0.3 is 0 Å². The van der Waals surface area contributed by atoms with Crippen LogP contribution >= 0.6 is 0 Å². The molecule has 0 aromatic carbocycles. The van der Waals surface area contributed by atoms with Crippen molar-refractivity contribution in [2.75, 3.05) is 39.6 Å². The van der Waals surface area contributed by atoms with Gasteiger partial charge in [-0.3, -0.25) is 29.1 Å². The summed E-state index contributed by atoms with van der Waals surface area (Å²) < 4.78 is 0. The molecule has 6 heteroatoms. The molecule has 0 atom stereocenters. The van der Waals surface area contributed by atoms with Crippen molar-refractivity contribution in [1.82, 2.24) is 14.7 Å². The Bertz CT molecular complexity index is 533. The lowest BCUT2D eigenvalue weighted by atomic mass is 10.1. The minimum Gasteiger partial charge on any atom is -0.295 e. The van der Waals surface area contributed by atoms with E-state index < -0.39 is 0 Å². The molecule has 0 aromatic heterocycles. The number of allylic oxidation sites excluding steroid dienone is 3. The molecular formula is C21H33N3O3. The van der Waals surface area contributed by atoms with Crippen LogP contribution in [0.5, 0.6) is 0 Å². The Morgan fingerprint density at radius 3 is 1.00 bits per heavy atom. The first-order chi connectivity index (χ1) is 12.6. The number of ketones is 3. The van der Waals surface area contributed by atoms with Crippen LogP contribution in [0.2, 0.25) is 0 Å². The lowest BCUT2D eigenvalue weighted by molar-refractivity contribution is -0.117. The van der Waals surface area contributed by atoms with E-state index in [9.17, 15) is 14.4 Å². The quantitative estimate of drug-likeness (QED) is 0.488. The van der Waals surface area contributed by atoms with Crippen LogP contribution in [0.3, 0.4) is 0 Å². The maximum atomic E-state index is 11.9. The van der Waals surface area contributed by atoms with E-state index in [-0.39, 0.29) is 17.3 Å². The number of carbonyl (C=O) groups is 3. The van der Waals surface area contributed by atoms with Gasteiger partial charge in [-0.1, -0.05) is 19.7 Å². The molecule has 0 radical (unpaired) electrons. The molecular weight excluding hydrogens is 342 g/mol. The van der Waals surface area contributed by atoms with Crippen LogP contribution in [-0.2, 0) is 14.4 Å². The highest BCUT2D eigenvalue weighted by Gasteiger charge is 2.24. The molecule has 1 saturated heterocycles. The molecule has 1 aliphatic rings. The molecule has 0 aromatic rings. The van der Waals surface area contributed by atoms with Crippen molar-refractivity contribution < 1.29 is 14.4 Å². The third kappa shape index (κ3) is 8.56. The number of nitrogens with zero attached hydrogens (tertiary/aromatic N) is 3. The third-order valence-corrected chi connectivity index (χ3v) is 4.59. The summed E-state index contributed by atoms with van der Waals surface area (Å²) in [5.41, 5.74) is 1.71. The van der Waals surface area contributed by atoms with Crippen molar-refractivity contribution in [1.29, 1.82) is 0 Å². The van der Waals surface area contributed by atoms with Gasteiger partial charge in [-0.05, 0) is 37.5 Å². The zero-order chi connectivity index (χ0) is 20.6. The molecule has 1 aliphatic heterocycles. The van der Waals surface area contributed by atoms with E-state index in [0.717, 1.165) is 0 Å². The topological polar surface area (TPSA) is 60.9 Å². The highest BCUT2D eigenvalue weighted by atomic mass is 16.1. The number of rotatable bonds is 12. The SMILES string of the molecule is C=C(C)C(=O)CCN1CN(CCC(=O)C(=C)C)CN(CCC(=O)C(=C)C)C1. The summed E-state index contributed by atoms with van der Waals surface area (Å²) in [6, 6.07) is 0. The van der Waals surface area contributed by atoms with Gasteiger partial charge < -0.3 is 0 Å². The van der Waals surface area contributed by atoms with Gasteiger partial charge in [-0.2, -0.15) is 0 Å². The zero-order valence-electron chi connectivity index (χ0n) is 17.1. The first kappa shape index (κ1) is 23.1. The molecule has 0 spiro atoms. The van der Waals surface area contributed by atoms with Gasteiger partial charge in [-0.25, -0.2) is 0 Å². The summed E-state index contributed by atoms with van der Waals surface area (Å²) in [5, 5.41) is 0. The minimum atomic E-state index is 0.0635. The van der Waals surface area contributed by atoms with Crippen LogP contribution in [-0.4, -0.2) is 71.7 Å². The Kier molecular flexibility index (Phi) is 9.49. The van der Waals surface area contributed by atoms with Gasteiger partial charge in [0.05, 0.1) is 20.0 Å². The number of hydrogen-bond donors (Lipinski definition) is 0. The van der Waals surface area contributed by atoms with Crippen molar-refractivity contribution in [3.05, 3.63) is 36.5 Å². The average molecular weight is 376 g/mol. The third-order valence-electron chi connectivity index (χ3n) is 4.59. The molecule has 0 bridgehead atoms. The van der Waals surface area contributed by atoms with Gasteiger partial charge in [0.15, 0.2) is 17.3 Å². The first-order valence-electron chi connectivity index (χ1n) is 9.33. The van der Waals surface area contributed by atoms with Crippen LogP contribution in [0.25, 0.3) is 0 Å². The van der Waals surface area contributed by atoms with E-state index in [4.69, 9.17) is 0 Å². The predicted molar refractivity (Wildman–Crippen MR) is 108 cm³/mol. The van der Waals surface area contributed by atoms with Crippen LogP contribution in [0, 0.1) is 0 Å². The van der Waals surface area contributed by atoms with E-state index in [2.05, 4.69) is 34.4 Å². The largest absolute Gasteiger partial charge is 0.295 e. The molecule has 0 aliphatic carbocycles. The Labute approximate surface area is 163 Å². The van der Waals surface area contributed by atoms with Crippen molar-refractivity contribution in [3.8, 4) is 0 Å². The molecule has 150 valence electrons. The molecule has 0 unspecified atom stereocenters. The highest BCUT2D eigenvalue weighted by Crippen LogP contribution is 2.12. The molecule has 0 N–H and O–H groups in total. The maximum absolute atomic E-state index is 11.9. The Morgan fingerprint density at radius 1 is 0.593 bits per heavy atom. The molecule has 6 nitrogen and oxygen atoms in total. The van der Waals surface area contributed by atoms with Crippen molar-refractivity contribution in [2.24, 2.45) is 0 Å². The molecule has 1 rings (SSSR count). The Balaban J connectivity index is 2.66. The maximum Gasteiger partial charge on any atom is 0.159 e. The summed E-state index contributed by atoms with van der Waals surface area (Å²) in [4.78, 5) is 42.1. The second-order valence-corrected chi connectivity index (χ2v) is 7.47. The van der Waals surface area contributed by atoms with Crippen molar-refractivity contribution >= 4 is 17.3 Å². The average Bonchev–Trinajstić information content (AvgIpc) is 2.61. The number of hydrogen-bond acceptors (Lipinski definition) is 6. The van der Waals surface area contributed by atoms with Gasteiger partial charge in [-0.15, -0.1) is 0 Å². The Morgan fingerprint density at radius 2 is 0.815 bits per heavy atom. The summed E-state index contributed by atoms with van der Waals surface area (Å²) in [6.45, 7) is 20.2. The normalized spacial score (nSPS) is 16.1. The molecule has 0 amide bonds. The summed E-state index contributed by atoms with van der Waals surface area (Å²) in [7, 11) is 0. The van der Waals surface area contributed by atoms with Crippen LogP contribution < -0.4 is 0 Å². The minimum absolute atomic E-state index is 0.0635. The fourth-order valence-corrected chi connectivity index (χ4v) is 2.83. The number of carbonyl (C=O) groups excluding carboxylic acids is 3. The van der Waals surface area contributed by atoms with E-state index in [1.807, 2.05) is 0 Å². The lowest BCUT2D eigenvalue weighted by Gasteiger charge is -2.42. The second-order valence-electron chi connectivity index (χ2n) is 7.47. The first-order valence-corrected chi connectivity index (χ1v) is 9.33. The number of Topliss-reactive ketones (excluding diaryl/α,β-unsaturated/α-hetero) is 3. The fourth-order valence-electron chi connectivity index (χ4n) is 2.83. The van der Waals surface area contributed by atoms with Gasteiger partial charge in [0.2, 0.25) is 0 Å². The van der Waals surface area contributed by atoms with Gasteiger partial charge in [0.1, 0.15) is 0 Å². The summed E-state index contributed by atoms with van der Waals surface area (Å²) >= 11 is 0. The van der Waals surface area contributed by atoms with E-state index >= 15 is 0 Å². The zero-order valence-corrected chi connectivity index (χ0v) is 17.1. The van der Waals surface area contributed by atoms with Crippen molar-refractivity contribution in [2.45, 2.75) is 40.0 Å². The van der Waals surface area contributed by atoms with E-state index in [1.165, 1.54) is 0 Å². The standard InChI is InChI=1S/C21H33N3O3/c1-16(2)19(25)7-10-22-13-23(11-8-20(26)17(3)4)15-24(14-22)12-9-21(27)18(5)6/h1,3,5,7-15H2,2,4,6H3. The molecule has 0 saturated carbocycles. The van der Waals surface area contributed by atoms with Crippen molar-refractivity contribution in [3.63, 3.8) is 0 Å². The van der Waals surface area contributed by atoms with Crippen LogP contribution in [0.1, 0.15) is 40.0 Å². The Hall–Kier alpha value is -1.89. The van der Waals surface area contributed by atoms with E-state index in [0.29, 0.717) is 75.6 Å². The summed E-state index contributed by atoms with van der Waals surface area (Å²) in [6.07, 6.45) is 1.27. The smallest absolute Gasteiger partial charge is 0.159 e. The highest BCUT2D eigenvalue weighted by molar-refractivity contribution is 5.95. The fraction of sp³-hybridized carbons (Fsp3) is 0.571. The van der Waals surface area contributed by atoms with Gasteiger partial charge in [0, 0.05) is 38.9 Å². The monoisotopic (exact) mass is 375 g/mol. The molecule has 1 heterocycles. The molecule has 27 heavy (non-hydrogen) atoms. The van der Waals surface area contributed by atoms with Crippen LogP contribution in [0.4, 0.5) is 0 Å². The lowest BCUT2D eigenvalue weighted by Crippen LogP contribution is -2.55. The van der Waals surface area contributed by atoms with E-state index in [1.54, 1.807) is 20.8 Å². The molecule has 1 fully saturated rings. The van der Waals surface area contributed by atoms with Crippen LogP contribution in [0.15, 0.2) is 36.5 Å². The van der Waals surface area contributed by atoms with Gasteiger partial charge in [0.25, 0.3) is 0 Å². The summed E-state index contributed by atoms with van der Waals surface area (Å²) in [5.74, 6) is 0.191. The second kappa shape index (κ2) is 11.1. The predicted octanol–water partition coefficient (Wildman–Crippen LogP) is 2.38.